The number of nitrogens with two attached hydrogens (primary N) is 1. The second-order valence-corrected chi connectivity index (χ2v) is 5.65. The Morgan fingerprint density at radius 1 is 1.29 bits per heavy atom. The molecule has 21 heavy (non-hydrogen) atoms. The van der Waals surface area contributed by atoms with E-state index in [2.05, 4.69) is 5.32 Å². The van der Waals surface area contributed by atoms with Gasteiger partial charge in [-0.1, -0.05) is 24.4 Å². The molecule has 3 N–H and O–H groups in total. The fourth-order valence-corrected chi connectivity index (χ4v) is 2.92. The van der Waals surface area contributed by atoms with Crippen LogP contribution in [0.25, 0.3) is 0 Å². The minimum Gasteiger partial charge on any atom is -0.382 e. The molecule has 0 radical (unpaired) electrons. The predicted molar refractivity (Wildman–Crippen MR) is 75.4 cm³/mol. The van der Waals surface area contributed by atoms with Crippen molar-refractivity contribution in [3.8, 4) is 0 Å². The largest absolute Gasteiger partial charge is 0.393 e. The molecule has 0 bridgehead atoms. The van der Waals surface area contributed by atoms with Crippen LogP contribution in [-0.2, 0) is 0 Å². The zero-order valence-electron chi connectivity index (χ0n) is 11.2. The van der Waals surface area contributed by atoms with Crippen molar-refractivity contribution in [1.29, 1.82) is 0 Å². The molecule has 1 aliphatic rings. The van der Waals surface area contributed by atoms with Crippen LogP contribution >= 0.6 is 11.6 Å². The smallest absolute Gasteiger partial charge is 0.382 e. The molecule has 2 rings (SSSR count). The van der Waals surface area contributed by atoms with Gasteiger partial charge in [0.2, 0.25) is 5.91 Å². The van der Waals surface area contributed by atoms with Crippen molar-refractivity contribution in [3.63, 3.8) is 0 Å². The van der Waals surface area contributed by atoms with Gasteiger partial charge in [0.15, 0.2) is 0 Å². The molecule has 0 saturated heterocycles. The number of anilines is 1. The first kappa shape index (κ1) is 15.9. The normalized spacial score (nSPS) is 22.9. The fraction of sp³-hybridized carbons (Fsp3) is 0.500. The maximum atomic E-state index is 13.0. The van der Waals surface area contributed by atoms with Gasteiger partial charge in [0.25, 0.3) is 0 Å². The molecule has 0 spiro atoms. The van der Waals surface area contributed by atoms with Crippen LogP contribution in [0.3, 0.4) is 0 Å². The monoisotopic (exact) mass is 320 g/mol. The summed E-state index contributed by atoms with van der Waals surface area (Å²) in [6, 6.07) is 3.71. The second kappa shape index (κ2) is 6.13. The van der Waals surface area contributed by atoms with Gasteiger partial charge in [-0.2, -0.15) is 13.2 Å². The molecule has 2 unspecified atom stereocenters. The molecular weight excluding hydrogens is 305 g/mol. The minimum absolute atomic E-state index is 0.0982. The van der Waals surface area contributed by atoms with Gasteiger partial charge in [-0.05, 0) is 31.0 Å². The van der Waals surface area contributed by atoms with Crippen LogP contribution < -0.4 is 11.1 Å². The van der Waals surface area contributed by atoms with Crippen LogP contribution in [0.4, 0.5) is 18.9 Å². The molecular formula is C14H16ClF3N2O. The van der Waals surface area contributed by atoms with Gasteiger partial charge >= 0.3 is 6.18 Å². The van der Waals surface area contributed by atoms with Crippen molar-refractivity contribution in [2.75, 3.05) is 5.32 Å². The lowest BCUT2D eigenvalue weighted by Gasteiger charge is -2.34. The highest BCUT2D eigenvalue weighted by molar-refractivity contribution is 6.33. The first-order chi connectivity index (χ1) is 9.79. The minimum atomic E-state index is -4.23. The topological polar surface area (TPSA) is 55.1 Å². The number of halogens is 4. The van der Waals surface area contributed by atoms with Gasteiger partial charge in [-0.15, -0.1) is 0 Å². The Bertz CT molecular complexity index is 533. The maximum absolute atomic E-state index is 13.0. The third kappa shape index (κ3) is 3.81. The van der Waals surface area contributed by atoms with E-state index in [0.29, 0.717) is 18.5 Å². The summed E-state index contributed by atoms with van der Waals surface area (Å²) in [5.74, 6) is -2.08. The van der Waals surface area contributed by atoms with E-state index in [9.17, 15) is 18.0 Å². The highest BCUT2D eigenvalue weighted by Crippen LogP contribution is 2.39. The molecule has 1 aliphatic carbocycles. The summed E-state index contributed by atoms with van der Waals surface area (Å²) in [4.78, 5) is 11.2. The summed E-state index contributed by atoms with van der Waals surface area (Å²) < 4.78 is 39.1. The molecule has 116 valence electrons. The van der Waals surface area contributed by atoms with E-state index < -0.39 is 24.0 Å². The van der Waals surface area contributed by atoms with Gasteiger partial charge in [0.05, 0.1) is 16.5 Å². The Morgan fingerprint density at radius 3 is 2.57 bits per heavy atom. The molecule has 2 atom stereocenters. The van der Waals surface area contributed by atoms with E-state index in [1.54, 1.807) is 6.07 Å². The van der Waals surface area contributed by atoms with Gasteiger partial charge in [0, 0.05) is 11.7 Å². The number of amides is 1. The van der Waals surface area contributed by atoms with Crippen molar-refractivity contribution >= 4 is 23.2 Å². The lowest BCUT2D eigenvalue weighted by Crippen LogP contribution is -2.41. The molecule has 0 aliphatic heterocycles. The van der Waals surface area contributed by atoms with Crippen molar-refractivity contribution in [2.24, 2.45) is 11.7 Å². The number of carbonyl (C=O) groups is 1. The van der Waals surface area contributed by atoms with Crippen molar-refractivity contribution in [3.05, 3.63) is 28.8 Å². The molecule has 1 fully saturated rings. The van der Waals surface area contributed by atoms with Crippen LogP contribution in [0.2, 0.25) is 5.02 Å². The molecule has 7 heteroatoms. The van der Waals surface area contributed by atoms with E-state index >= 15 is 0 Å². The average molecular weight is 321 g/mol. The number of rotatable bonds is 3. The van der Waals surface area contributed by atoms with Gasteiger partial charge in [0.1, 0.15) is 0 Å². The molecule has 3 nitrogen and oxygen atoms in total. The third-order valence-corrected chi connectivity index (χ3v) is 4.10. The zero-order valence-corrected chi connectivity index (χ0v) is 12.0. The summed E-state index contributed by atoms with van der Waals surface area (Å²) in [5.41, 5.74) is 5.71. The number of benzene rings is 1. The van der Waals surface area contributed by atoms with Gasteiger partial charge in [-0.3, -0.25) is 4.79 Å². The Morgan fingerprint density at radius 2 is 1.95 bits per heavy atom. The predicted octanol–water partition coefficient (Wildman–Crippen LogP) is 3.97. The number of alkyl halides is 3. The van der Waals surface area contributed by atoms with Crippen molar-refractivity contribution in [2.45, 2.75) is 37.9 Å². The molecule has 1 aromatic carbocycles. The van der Waals surface area contributed by atoms with Gasteiger partial charge < -0.3 is 11.1 Å². The summed E-state index contributed by atoms with van der Waals surface area (Å²) in [6.45, 7) is 0. The number of hydrogen-bond acceptors (Lipinski definition) is 2. The summed E-state index contributed by atoms with van der Waals surface area (Å²) >= 11 is 5.83. The van der Waals surface area contributed by atoms with E-state index in [4.69, 9.17) is 17.3 Å². The number of nitrogens with one attached hydrogen (secondary N) is 1. The lowest BCUT2D eigenvalue weighted by atomic mass is 9.84. The van der Waals surface area contributed by atoms with Crippen LogP contribution in [0, 0.1) is 5.92 Å². The molecule has 1 saturated carbocycles. The quantitative estimate of drug-likeness (QED) is 0.885. The summed E-state index contributed by atoms with van der Waals surface area (Å²) in [6.07, 6.45) is -2.33. The lowest BCUT2D eigenvalue weighted by molar-refractivity contribution is -0.184. The Hall–Kier alpha value is -1.43. The molecule has 0 aromatic heterocycles. The zero-order chi connectivity index (χ0) is 15.6. The summed E-state index contributed by atoms with van der Waals surface area (Å²) in [7, 11) is 0. The highest BCUT2D eigenvalue weighted by atomic mass is 35.5. The van der Waals surface area contributed by atoms with E-state index in [-0.39, 0.29) is 17.0 Å². The van der Waals surface area contributed by atoms with Crippen molar-refractivity contribution in [1.82, 2.24) is 0 Å². The SMILES string of the molecule is NC(=O)c1cc(NC2CCCCC2C(F)(F)F)ccc1Cl. The number of carbonyl (C=O) groups excluding carboxylic acids is 1. The number of primary amides is 1. The van der Waals surface area contributed by atoms with Crippen LogP contribution in [0.1, 0.15) is 36.0 Å². The summed E-state index contributed by atoms with van der Waals surface area (Å²) in [5, 5.41) is 3.06. The molecule has 1 amide bonds. The van der Waals surface area contributed by atoms with Crippen LogP contribution in [0.5, 0.6) is 0 Å². The van der Waals surface area contributed by atoms with Crippen molar-refractivity contribution < 1.29 is 18.0 Å². The Kier molecular flexibility index (Phi) is 4.66. The highest BCUT2D eigenvalue weighted by Gasteiger charge is 2.45. The van der Waals surface area contributed by atoms with Crippen LogP contribution in [0.15, 0.2) is 18.2 Å². The third-order valence-electron chi connectivity index (χ3n) is 3.77. The second-order valence-electron chi connectivity index (χ2n) is 5.24. The average Bonchev–Trinajstić information content (AvgIpc) is 2.40. The maximum Gasteiger partial charge on any atom is 0.393 e. The standard InChI is InChI=1S/C14H16ClF3N2O/c15-11-6-5-8(7-9(11)13(19)21)20-12-4-2-1-3-10(12)14(16,17)18/h5-7,10,12,20H,1-4H2,(H2,19,21). The first-order valence-corrected chi connectivity index (χ1v) is 7.09. The van der Waals surface area contributed by atoms with E-state index in [1.807, 2.05) is 0 Å². The van der Waals surface area contributed by atoms with Crippen LogP contribution in [-0.4, -0.2) is 18.1 Å². The van der Waals surface area contributed by atoms with Gasteiger partial charge in [-0.25, -0.2) is 0 Å². The Balaban J connectivity index is 2.20. The van der Waals surface area contributed by atoms with E-state index in [1.165, 1.54) is 12.1 Å². The molecule has 0 heterocycles. The van der Waals surface area contributed by atoms with E-state index in [0.717, 1.165) is 6.42 Å². The Labute approximate surface area is 125 Å². The first-order valence-electron chi connectivity index (χ1n) is 6.71. The number of hydrogen-bond donors (Lipinski definition) is 2. The molecule has 1 aromatic rings. The fourth-order valence-electron chi connectivity index (χ4n) is 2.71.